The summed E-state index contributed by atoms with van der Waals surface area (Å²) in [5, 5.41) is 0. The highest BCUT2D eigenvalue weighted by Crippen LogP contribution is 2.29. The van der Waals surface area contributed by atoms with Gasteiger partial charge in [0.2, 0.25) is 0 Å². The van der Waals surface area contributed by atoms with E-state index in [1.54, 1.807) is 0 Å². The smallest absolute Gasteiger partial charge is 0.0560 e. The molecule has 0 saturated heterocycles. The Morgan fingerprint density at radius 1 is 0.360 bits per heavy atom. The highest BCUT2D eigenvalue weighted by atomic mass is 32.1. The van der Waals surface area contributed by atoms with Gasteiger partial charge in [-0.1, -0.05) is 0 Å². The fourth-order valence-corrected chi connectivity index (χ4v) is 5.53. The average Bonchev–Trinajstić information content (AvgIpc) is 2.68. The first-order valence-electron chi connectivity index (χ1n) is 7.93. The molecule has 0 spiro atoms. The van der Waals surface area contributed by atoms with E-state index >= 15 is 0 Å². The molecule has 0 aliphatic heterocycles. The quantitative estimate of drug-likeness (QED) is 0.155. The Kier molecular flexibility index (Phi) is 16.3. The minimum absolute atomic E-state index is 0.131. The van der Waals surface area contributed by atoms with Gasteiger partial charge in [0.05, 0.1) is 26.4 Å². The fourth-order valence-electron chi connectivity index (χ4n) is 1.82. The van der Waals surface area contributed by atoms with Crippen LogP contribution in [0.2, 0.25) is 0 Å². The molecule has 0 rings (SSSR count). The average molecular weight is 501 g/mol. The van der Waals surface area contributed by atoms with Gasteiger partial charge >= 0.3 is 0 Å². The van der Waals surface area contributed by atoms with E-state index in [4.69, 9.17) is 9.47 Å². The Hall–Kier alpha value is 2.72. The first-order chi connectivity index (χ1) is 11.9. The van der Waals surface area contributed by atoms with Crippen molar-refractivity contribution in [2.24, 2.45) is 16.2 Å². The van der Waals surface area contributed by atoms with Crippen LogP contribution >= 0.6 is 101 Å². The maximum atomic E-state index is 6.01. The molecule has 0 aliphatic carbocycles. The second-order valence-electron chi connectivity index (χ2n) is 6.75. The van der Waals surface area contributed by atoms with Crippen molar-refractivity contribution in [2.75, 3.05) is 72.5 Å². The largest absolute Gasteiger partial charge is 0.380 e. The van der Waals surface area contributed by atoms with E-state index < -0.39 is 0 Å². The zero-order valence-electron chi connectivity index (χ0n) is 14.4. The van der Waals surface area contributed by atoms with Crippen molar-refractivity contribution in [3.8, 4) is 0 Å². The summed E-state index contributed by atoms with van der Waals surface area (Å²) in [6, 6.07) is 0. The summed E-state index contributed by atoms with van der Waals surface area (Å²) in [6.45, 7) is 2.15. The molecule has 0 fully saturated rings. The van der Waals surface area contributed by atoms with Gasteiger partial charge in [-0.15, -0.1) is 0 Å². The van der Waals surface area contributed by atoms with Gasteiger partial charge in [-0.05, 0) is 34.5 Å². The van der Waals surface area contributed by atoms with Crippen LogP contribution in [0.1, 0.15) is 0 Å². The molecular weight excluding hydrogens is 469 g/mol. The summed E-state index contributed by atoms with van der Waals surface area (Å²) in [6.07, 6.45) is 0. The summed E-state index contributed by atoms with van der Waals surface area (Å²) in [5.41, 5.74) is -0.514. The molecule has 2 nitrogen and oxygen atoms in total. The standard InChI is InChI=1S/C15H32O2S8/c18-5-13(6-19,1-16-3-14(7-20,8-21)9-22)2-17-4-15(10-23,11-24)12-25/h18-25H,1-12H2. The van der Waals surface area contributed by atoms with Crippen LogP contribution in [0, 0.1) is 16.2 Å². The summed E-state index contributed by atoms with van der Waals surface area (Å²) in [5.74, 6) is 5.33. The molecule has 10 heteroatoms. The monoisotopic (exact) mass is 500 g/mol. The van der Waals surface area contributed by atoms with Crippen LogP contribution in [-0.4, -0.2) is 72.5 Å². The number of hydrogen-bond acceptors (Lipinski definition) is 10. The molecule has 0 unspecified atom stereocenters. The van der Waals surface area contributed by atoms with Crippen LogP contribution in [0.3, 0.4) is 0 Å². The Morgan fingerprint density at radius 3 is 0.760 bits per heavy atom. The van der Waals surface area contributed by atoms with Gasteiger partial charge in [-0.25, -0.2) is 0 Å². The summed E-state index contributed by atoms with van der Waals surface area (Å²) in [4.78, 5) is 0. The number of hydrogen-bond donors (Lipinski definition) is 8. The predicted octanol–water partition coefficient (Wildman–Crippen LogP) is 3.42. The van der Waals surface area contributed by atoms with E-state index in [0.29, 0.717) is 72.5 Å². The molecular formula is C15H32O2S8. The molecule has 0 aromatic heterocycles. The molecule has 0 radical (unpaired) electrons. The van der Waals surface area contributed by atoms with E-state index in [2.05, 4.69) is 101 Å². The van der Waals surface area contributed by atoms with Gasteiger partial charge in [0, 0.05) is 27.8 Å². The Bertz CT molecular complexity index is 289. The topological polar surface area (TPSA) is 18.5 Å². The second-order valence-corrected chi connectivity index (χ2v) is 9.28. The van der Waals surface area contributed by atoms with Crippen molar-refractivity contribution in [1.29, 1.82) is 0 Å². The van der Waals surface area contributed by atoms with Gasteiger partial charge in [0.15, 0.2) is 0 Å². The van der Waals surface area contributed by atoms with Crippen molar-refractivity contribution in [1.82, 2.24) is 0 Å². The number of rotatable bonds is 16. The maximum absolute atomic E-state index is 6.01. The van der Waals surface area contributed by atoms with Crippen molar-refractivity contribution in [2.45, 2.75) is 0 Å². The van der Waals surface area contributed by atoms with Crippen molar-refractivity contribution >= 4 is 101 Å². The van der Waals surface area contributed by atoms with E-state index in [-0.39, 0.29) is 16.2 Å². The number of ether oxygens (including phenoxy) is 2. The third-order valence-corrected chi connectivity index (χ3v) is 9.68. The van der Waals surface area contributed by atoms with Gasteiger partial charge in [0.1, 0.15) is 0 Å². The molecule has 25 heavy (non-hydrogen) atoms. The maximum Gasteiger partial charge on any atom is 0.0560 e. The van der Waals surface area contributed by atoms with Crippen LogP contribution in [0.25, 0.3) is 0 Å². The molecule has 0 heterocycles. The van der Waals surface area contributed by atoms with Crippen LogP contribution < -0.4 is 0 Å². The Labute approximate surface area is 197 Å². The van der Waals surface area contributed by atoms with Gasteiger partial charge in [0.25, 0.3) is 0 Å². The summed E-state index contributed by atoms with van der Waals surface area (Å²) < 4.78 is 12.0. The lowest BCUT2D eigenvalue weighted by molar-refractivity contribution is -0.0278. The minimum Gasteiger partial charge on any atom is -0.380 e. The lowest BCUT2D eigenvalue weighted by Crippen LogP contribution is -2.42. The lowest BCUT2D eigenvalue weighted by atomic mass is 9.93. The van der Waals surface area contributed by atoms with Crippen LogP contribution in [0.15, 0.2) is 0 Å². The van der Waals surface area contributed by atoms with Crippen LogP contribution in [0.4, 0.5) is 0 Å². The number of thiol groups is 8. The van der Waals surface area contributed by atoms with Crippen molar-refractivity contribution in [3.05, 3.63) is 0 Å². The predicted molar refractivity (Wildman–Crippen MR) is 140 cm³/mol. The Balaban J connectivity index is 4.69. The second kappa shape index (κ2) is 14.7. The van der Waals surface area contributed by atoms with Crippen LogP contribution in [-0.2, 0) is 9.47 Å². The molecule has 0 aliphatic rings. The molecule has 0 aromatic carbocycles. The summed E-state index contributed by atoms with van der Waals surface area (Å²) in [7, 11) is 0. The molecule has 0 aromatic rings. The summed E-state index contributed by atoms with van der Waals surface area (Å²) >= 11 is 35.5. The van der Waals surface area contributed by atoms with E-state index in [1.807, 2.05) is 0 Å². The van der Waals surface area contributed by atoms with Gasteiger partial charge in [-0.2, -0.15) is 101 Å². The SMILES string of the molecule is SCC(CS)(CS)COCC(CS)(CS)COCC(CS)(CS)CS. The van der Waals surface area contributed by atoms with E-state index in [1.165, 1.54) is 0 Å². The normalized spacial score (nSPS) is 13.4. The molecule has 0 saturated carbocycles. The minimum atomic E-state index is -0.253. The molecule has 0 N–H and O–H groups in total. The third-order valence-electron chi connectivity index (χ3n) is 4.32. The molecule has 0 atom stereocenters. The third kappa shape index (κ3) is 8.95. The zero-order valence-corrected chi connectivity index (χ0v) is 21.5. The molecule has 0 amide bonds. The van der Waals surface area contributed by atoms with E-state index in [9.17, 15) is 0 Å². The van der Waals surface area contributed by atoms with E-state index in [0.717, 1.165) is 0 Å². The lowest BCUT2D eigenvalue weighted by Gasteiger charge is -2.35. The van der Waals surface area contributed by atoms with Gasteiger partial charge < -0.3 is 9.47 Å². The van der Waals surface area contributed by atoms with Crippen molar-refractivity contribution < 1.29 is 9.47 Å². The highest BCUT2D eigenvalue weighted by molar-refractivity contribution is 7.82. The first kappa shape index (κ1) is 27.7. The fraction of sp³-hybridized carbons (Fsp3) is 1.00. The highest BCUT2D eigenvalue weighted by Gasteiger charge is 2.33. The Morgan fingerprint density at radius 2 is 0.560 bits per heavy atom. The van der Waals surface area contributed by atoms with Gasteiger partial charge in [-0.3, -0.25) is 0 Å². The first-order valence-corrected chi connectivity index (χ1v) is 13.0. The molecule has 0 bridgehead atoms. The van der Waals surface area contributed by atoms with Crippen molar-refractivity contribution in [3.63, 3.8) is 0 Å². The molecule has 152 valence electrons. The van der Waals surface area contributed by atoms with Crippen LogP contribution in [0.5, 0.6) is 0 Å². The zero-order chi connectivity index (χ0) is 19.4.